The predicted octanol–water partition coefficient (Wildman–Crippen LogP) is 2.67. The minimum absolute atomic E-state index is 0.429. The Morgan fingerprint density at radius 2 is 2.14 bits per heavy atom. The lowest BCUT2D eigenvalue weighted by atomic mass is 10.2. The van der Waals surface area contributed by atoms with E-state index in [0.717, 1.165) is 4.43 Å². The highest BCUT2D eigenvalue weighted by molar-refractivity contribution is 14.1. The van der Waals surface area contributed by atoms with E-state index in [-0.39, 0.29) is 0 Å². The molecule has 0 aromatic carbocycles. The molecule has 0 aliphatic carbocycles. The van der Waals surface area contributed by atoms with Crippen LogP contribution in [-0.4, -0.2) is 28.8 Å². The summed E-state index contributed by atoms with van der Waals surface area (Å²) in [5, 5.41) is 2.48. The quantitative estimate of drug-likeness (QED) is 0.639. The van der Waals surface area contributed by atoms with Crippen LogP contribution in [0.4, 0.5) is 9.18 Å². The van der Waals surface area contributed by atoms with E-state index in [2.05, 4.69) is 27.9 Å². The molecule has 0 spiro atoms. The molecule has 5 heteroatoms. The van der Waals surface area contributed by atoms with Gasteiger partial charge in [-0.15, -0.1) is 0 Å². The molecular weight excluding hydrogens is 300 g/mol. The Bertz CT molecular complexity index is 182. The number of carbonyl (C=O) groups is 1. The number of halogens is 2. The van der Waals surface area contributed by atoms with Crippen LogP contribution in [0.2, 0.25) is 0 Å². The largest absolute Gasteiger partial charge is 0.444 e. The summed E-state index contributed by atoms with van der Waals surface area (Å²) in [6.45, 7) is 4.77. The number of carbonyl (C=O) groups excluding carboxylic acids is 1. The van der Waals surface area contributed by atoms with Crippen LogP contribution >= 0.6 is 22.6 Å². The summed E-state index contributed by atoms with van der Waals surface area (Å²) in [6, 6.07) is -0.429. The van der Waals surface area contributed by atoms with Gasteiger partial charge in [0, 0.05) is 4.43 Å². The molecule has 0 aliphatic heterocycles. The normalized spacial score (nSPS) is 13.5. The van der Waals surface area contributed by atoms with Crippen LogP contribution < -0.4 is 5.32 Å². The van der Waals surface area contributed by atoms with Crippen LogP contribution in [0.5, 0.6) is 0 Å². The minimum Gasteiger partial charge on any atom is -0.444 e. The van der Waals surface area contributed by atoms with Crippen LogP contribution in [0.3, 0.4) is 0 Å². The third-order valence-corrected chi connectivity index (χ3v) is 1.99. The first kappa shape index (κ1) is 13.9. The van der Waals surface area contributed by atoms with Crippen molar-refractivity contribution in [2.75, 3.05) is 11.1 Å². The van der Waals surface area contributed by atoms with E-state index >= 15 is 0 Å². The van der Waals surface area contributed by atoms with Gasteiger partial charge in [0.1, 0.15) is 12.3 Å². The standard InChI is InChI=1S/C9H17FINO2/c1-9(2,3)14-8(13)12-7(6-10)4-5-11/h7H,4-6H2,1-3H3,(H,12,13). The van der Waals surface area contributed by atoms with Gasteiger partial charge in [-0.25, -0.2) is 9.18 Å². The summed E-state index contributed by atoms with van der Waals surface area (Å²) in [5.41, 5.74) is -0.532. The number of ether oxygens (including phenoxy) is 1. The summed E-state index contributed by atoms with van der Waals surface area (Å²) in [5.74, 6) is 0. The van der Waals surface area contributed by atoms with Crippen molar-refractivity contribution >= 4 is 28.7 Å². The number of alkyl halides is 2. The fourth-order valence-corrected chi connectivity index (χ4v) is 1.55. The zero-order chi connectivity index (χ0) is 11.2. The fourth-order valence-electron chi connectivity index (χ4n) is 0.794. The molecule has 0 bridgehead atoms. The van der Waals surface area contributed by atoms with Crippen molar-refractivity contribution in [3.63, 3.8) is 0 Å². The second-order valence-electron chi connectivity index (χ2n) is 3.98. The van der Waals surface area contributed by atoms with Gasteiger partial charge in [0.05, 0.1) is 6.04 Å². The average Bonchev–Trinajstić information content (AvgIpc) is 2.00. The first-order valence-electron chi connectivity index (χ1n) is 4.50. The molecule has 0 aromatic heterocycles. The number of hydrogen-bond acceptors (Lipinski definition) is 2. The van der Waals surface area contributed by atoms with Crippen LogP contribution in [0, 0.1) is 0 Å². The third-order valence-electron chi connectivity index (χ3n) is 1.36. The predicted molar refractivity (Wildman–Crippen MR) is 62.6 cm³/mol. The Balaban J connectivity index is 3.91. The molecule has 3 nitrogen and oxygen atoms in total. The lowest BCUT2D eigenvalue weighted by Gasteiger charge is -2.22. The highest BCUT2D eigenvalue weighted by atomic mass is 127. The van der Waals surface area contributed by atoms with Crippen molar-refractivity contribution in [1.29, 1.82) is 0 Å². The van der Waals surface area contributed by atoms with Gasteiger partial charge in [0.15, 0.2) is 0 Å². The Hall–Kier alpha value is -0.0700. The van der Waals surface area contributed by atoms with E-state index in [9.17, 15) is 9.18 Å². The van der Waals surface area contributed by atoms with Crippen molar-refractivity contribution in [1.82, 2.24) is 5.32 Å². The van der Waals surface area contributed by atoms with Crippen molar-refractivity contribution in [2.45, 2.75) is 38.8 Å². The average molecular weight is 317 g/mol. The highest BCUT2D eigenvalue weighted by Gasteiger charge is 2.18. The molecule has 0 radical (unpaired) electrons. The monoisotopic (exact) mass is 317 g/mol. The van der Waals surface area contributed by atoms with Crippen LogP contribution in [0.15, 0.2) is 0 Å². The molecule has 0 saturated heterocycles. The van der Waals surface area contributed by atoms with Gasteiger partial charge >= 0.3 is 6.09 Å². The summed E-state index contributed by atoms with van der Waals surface area (Å²) >= 11 is 2.14. The molecule has 84 valence electrons. The summed E-state index contributed by atoms with van der Waals surface area (Å²) in [6.07, 6.45) is 0.0704. The Morgan fingerprint density at radius 3 is 2.50 bits per heavy atom. The number of amides is 1. The lowest BCUT2D eigenvalue weighted by Crippen LogP contribution is -2.40. The zero-order valence-corrected chi connectivity index (χ0v) is 10.9. The van der Waals surface area contributed by atoms with E-state index < -0.39 is 24.4 Å². The summed E-state index contributed by atoms with van der Waals surface area (Å²) in [7, 11) is 0. The summed E-state index contributed by atoms with van der Waals surface area (Å²) < 4.78 is 18.2. The Morgan fingerprint density at radius 1 is 1.57 bits per heavy atom. The molecule has 0 fully saturated rings. The van der Waals surface area contributed by atoms with E-state index in [0.29, 0.717) is 6.42 Å². The van der Waals surface area contributed by atoms with Gasteiger partial charge in [-0.2, -0.15) is 0 Å². The number of hydrogen-bond donors (Lipinski definition) is 1. The van der Waals surface area contributed by atoms with Crippen molar-refractivity contribution in [2.24, 2.45) is 0 Å². The zero-order valence-electron chi connectivity index (χ0n) is 8.77. The van der Waals surface area contributed by atoms with Gasteiger partial charge in [-0.1, -0.05) is 22.6 Å². The fraction of sp³-hybridized carbons (Fsp3) is 0.889. The molecule has 0 heterocycles. The van der Waals surface area contributed by atoms with Crippen molar-refractivity contribution < 1.29 is 13.9 Å². The van der Waals surface area contributed by atoms with E-state index in [1.165, 1.54) is 0 Å². The molecule has 1 atom stereocenters. The molecule has 0 saturated carbocycles. The van der Waals surface area contributed by atoms with Gasteiger partial charge in [0.25, 0.3) is 0 Å². The van der Waals surface area contributed by atoms with E-state index in [1.54, 1.807) is 20.8 Å². The molecule has 1 amide bonds. The molecular formula is C9H17FINO2. The number of alkyl carbamates (subject to hydrolysis) is 1. The second-order valence-corrected chi connectivity index (χ2v) is 5.05. The highest BCUT2D eigenvalue weighted by Crippen LogP contribution is 2.07. The van der Waals surface area contributed by atoms with Gasteiger partial charge in [0.2, 0.25) is 0 Å². The maximum Gasteiger partial charge on any atom is 0.407 e. The van der Waals surface area contributed by atoms with Gasteiger partial charge in [-0.05, 0) is 27.2 Å². The topological polar surface area (TPSA) is 38.3 Å². The van der Waals surface area contributed by atoms with Gasteiger partial charge in [-0.3, -0.25) is 0 Å². The maximum absolute atomic E-state index is 12.4. The first-order valence-corrected chi connectivity index (χ1v) is 6.03. The maximum atomic E-state index is 12.4. The lowest BCUT2D eigenvalue weighted by molar-refractivity contribution is 0.0495. The Labute approximate surface area is 97.9 Å². The minimum atomic E-state index is -0.553. The molecule has 0 aliphatic rings. The SMILES string of the molecule is CC(C)(C)OC(=O)NC(CF)CCI. The van der Waals surface area contributed by atoms with E-state index in [4.69, 9.17) is 4.74 Å². The van der Waals surface area contributed by atoms with Crippen LogP contribution in [-0.2, 0) is 4.74 Å². The second kappa shape index (κ2) is 6.42. The van der Waals surface area contributed by atoms with Crippen LogP contribution in [0.1, 0.15) is 27.2 Å². The molecule has 0 rings (SSSR count). The molecule has 0 aromatic rings. The Kier molecular flexibility index (Phi) is 6.39. The molecule has 1 unspecified atom stereocenters. The van der Waals surface area contributed by atoms with Crippen molar-refractivity contribution in [3.8, 4) is 0 Å². The van der Waals surface area contributed by atoms with E-state index in [1.807, 2.05) is 0 Å². The first-order chi connectivity index (χ1) is 6.39. The van der Waals surface area contributed by atoms with Crippen molar-refractivity contribution in [3.05, 3.63) is 0 Å². The summed E-state index contributed by atoms with van der Waals surface area (Å²) in [4.78, 5) is 11.2. The smallest absolute Gasteiger partial charge is 0.407 e. The molecule has 14 heavy (non-hydrogen) atoms. The third kappa shape index (κ3) is 7.34. The van der Waals surface area contributed by atoms with Crippen LogP contribution in [0.25, 0.3) is 0 Å². The molecule has 1 N–H and O–H groups in total. The van der Waals surface area contributed by atoms with Gasteiger partial charge < -0.3 is 10.1 Å². The number of rotatable bonds is 4. The number of nitrogens with one attached hydrogen (secondary N) is 1.